The molecule has 1 saturated heterocycles. The first-order valence-electron chi connectivity index (χ1n) is 9.19. The van der Waals surface area contributed by atoms with Gasteiger partial charge in [-0.1, -0.05) is 42.1 Å². The summed E-state index contributed by atoms with van der Waals surface area (Å²) in [6.45, 7) is 4.26. The molecule has 1 aliphatic heterocycles. The molecule has 1 fully saturated rings. The molecule has 1 aliphatic rings. The van der Waals surface area contributed by atoms with Crippen LogP contribution in [0.5, 0.6) is 5.75 Å². The van der Waals surface area contributed by atoms with Crippen molar-refractivity contribution in [3.63, 3.8) is 0 Å². The fourth-order valence-electron chi connectivity index (χ4n) is 2.86. The summed E-state index contributed by atoms with van der Waals surface area (Å²) >= 11 is 1.05. The van der Waals surface area contributed by atoms with Crippen molar-refractivity contribution in [1.29, 1.82) is 0 Å². The van der Waals surface area contributed by atoms with Gasteiger partial charge in [-0.25, -0.2) is 4.90 Å². The van der Waals surface area contributed by atoms with Crippen molar-refractivity contribution in [2.45, 2.75) is 25.5 Å². The molecule has 0 aliphatic carbocycles. The Bertz CT molecular complexity index is 942. The molecule has 3 rings (SSSR count). The van der Waals surface area contributed by atoms with Gasteiger partial charge in [0.1, 0.15) is 11.0 Å². The van der Waals surface area contributed by atoms with E-state index in [1.54, 1.807) is 24.3 Å². The van der Waals surface area contributed by atoms with Crippen LogP contribution in [0, 0.1) is 0 Å². The van der Waals surface area contributed by atoms with E-state index in [4.69, 9.17) is 10.5 Å². The van der Waals surface area contributed by atoms with Crippen LogP contribution in [0.1, 0.15) is 25.8 Å². The number of nitrogens with two attached hydrogens (primary N) is 1. The Kier molecular flexibility index (Phi) is 6.66. The Morgan fingerprint density at radius 3 is 2.48 bits per heavy atom. The Hall–Kier alpha value is -3.13. The van der Waals surface area contributed by atoms with E-state index < -0.39 is 5.25 Å². The van der Waals surface area contributed by atoms with E-state index in [1.165, 1.54) is 4.90 Å². The van der Waals surface area contributed by atoms with Gasteiger partial charge in [0.25, 0.3) is 0 Å². The zero-order valence-electron chi connectivity index (χ0n) is 16.2. The zero-order valence-corrected chi connectivity index (χ0v) is 17.1. The third-order valence-electron chi connectivity index (χ3n) is 4.26. The first-order chi connectivity index (χ1) is 14.0. The van der Waals surface area contributed by atoms with Crippen molar-refractivity contribution in [2.24, 2.45) is 15.9 Å². The third-order valence-corrected chi connectivity index (χ3v) is 5.24. The van der Waals surface area contributed by atoms with E-state index in [0.717, 1.165) is 17.3 Å². The number of benzene rings is 2. The van der Waals surface area contributed by atoms with E-state index >= 15 is 0 Å². The predicted octanol–water partition coefficient (Wildman–Crippen LogP) is 3.19. The van der Waals surface area contributed by atoms with Crippen molar-refractivity contribution in [2.75, 3.05) is 11.5 Å². The van der Waals surface area contributed by atoms with Crippen LogP contribution in [-0.4, -0.2) is 34.6 Å². The highest BCUT2D eigenvalue weighted by atomic mass is 32.2. The molecule has 150 valence electrons. The lowest BCUT2D eigenvalue weighted by Crippen LogP contribution is -2.31. The first-order valence-corrected chi connectivity index (χ1v) is 10.1. The van der Waals surface area contributed by atoms with Crippen LogP contribution in [0.2, 0.25) is 0 Å². The van der Waals surface area contributed by atoms with Gasteiger partial charge < -0.3 is 10.5 Å². The normalized spacial score (nSPS) is 17.7. The minimum Gasteiger partial charge on any atom is -0.494 e. The summed E-state index contributed by atoms with van der Waals surface area (Å²) in [5.74, 6) is 0.101. The maximum atomic E-state index is 12.7. The van der Waals surface area contributed by atoms with Gasteiger partial charge in [-0.15, -0.1) is 5.10 Å². The number of hydrogen-bond acceptors (Lipinski definition) is 6. The molecule has 0 bridgehead atoms. The average molecular weight is 410 g/mol. The fourth-order valence-corrected chi connectivity index (χ4v) is 3.67. The quantitative estimate of drug-likeness (QED) is 0.341. The molecule has 7 nitrogen and oxygen atoms in total. The molecule has 2 aromatic rings. The number of imide groups is 1. The van der Waals surface area contributed by atoms with Crippen LogP contribution >= 0.6 is 11.8 Å². The van der Waals surface area contributed by atoms with Crippen LogP contribution in [0.15, 0.2) is 64.8 Å². The molecule has 1 atom stereocenters. The van der Waals surface area contributed by atoms with Gasteiger partial charge in [0.15, 0.2) is 5.17 Å². The summed E-state index contributed by atoms with van der Waals surface area (Å²) in [6, 6.07) is 16.4. The third kappa shape index (κ3) is 5.03. The van der Waals surface area contributed by atoms with Crippen LogP contribution < -0.4 is 15.4 Å². The maximum Gasteiger partial charge on any atom is 0.247 e. The number of nitrogens with zero attached hydrogens (tertiary/aromatic N) is 3. The van der Waals surface area contributed by atoms with Gasteiger partial charge in [0.05, 0.1) is 18.0 Å². The number of carbonyl (C=O) groups is 2. The number of anilines is 1. The van der Waals surface area contributed by atoms with Crippen molar-refractivity contribution in [1.82, 2.24) is 0 Å². The van der Waals surface area contributed by atoms with Gasteiger partial charge in [-0.3, -0.25) is 9.59 Å². The van der Waals surface area contributed by atoms with E-state index in [9.17, 15) is 9.59 Å². The number of carbonyl (C=O) groups excluding carboxylic acids is 2. The number of ether oxygens (including phenoxy) is 1. The largest absolute Gasteiger partial charge is 0.494 e. The monoisotopic (exact) mass is 410 g/mol. The summed E-state index contributed by atoms with van der Waals surface area (Å²) in [7, 11) is 0. The summed E-state index contributed by atoms with van der Waals surface area (Å²) in [4.78, 5) is 26.3. The highest BCUT2D eigenvalue weighted by Gasteiger charge is 2.40. The molecule has 8 heteroatoms. The molecule has 0 radical (unpaired) electrons. The topological polar surface area (TPSA) is 97.3 Å². The summed E-state index contributed by atoms with van der Waals surface area (Å²) < 4.78 is 5.39. The van der Waals surface area contributed by atoms with E-state index in [2.05, 4.69) is 10.2 Å². The van der Waals surface area contributed by atoms with Crippen LogP contribution in [0.3, 0.4) is 0 Å². The van der Waals surface area contributed by atoms with Crippen LogP contribution in [-0.2, 0) is 9.59 Å². The lowest BCUT2D eigenvalue weighted by molar-refractivity contribution is -0.121. The lowest BCUT2D eigenvalue weighted by atomic mass is 10.1. The second-order valence-corrected chi connectivity index (χ2v) is 7.52. The summed E-state index contributed by atoms with van der Waals surface area (Å²) in [6.07, 6.45) is 0.0638. The Morgan fingerprint density at radius 1 is 1.14 bits per heavy atom. The molecular weight excluding hydrogens is 388 g/mol. The molecule has 1 unspecified atom stereocenters. The number of rotatable bonds is 6. The van der Waals surface area contributed by atoms with Crippen molar-refractivity contribution >= 4 is 40.1 Å². The minimum absolute atomic E-state index is 0.0638. The number of amides is 2. The molecule has 2 aromatic carbocycles. The van der Waals surface area contributed by atoms with E-state index in [1.807, 2.05) is 44.2 Å². The first kappa shape index (κ1) is 20.6. The molecule has 2 amide bonds. The maximum absolute atomic E-state index is 12.7. The van der Waals surface area contributed by atoms with Crippen molar-refractivity contribution in [3.8, 4) is 5.75 Å². The Balaban J connectivity index is 1.67. The number of hydrogen-bond donors (Lipinski definition) is 1. The number of thioether (sulfide) groups is 1. The fraction of sp³-hybridized carbons (Fsp3) is 0.238. The smallest absolute Gasteiger partial charge is 0.247 e. The molecule has 29 heavy (non-hydrogen) atoms. The van der Waals surface area contributed by atoms with Crippen molar-refractivity contribution in [3.05, 3.63) is 60.2 Å². The summed E-state index contributed by atoms with van der Waals surface area (Å²) in [5.41, 5.74) is 8.09. The standard InChI is InChI=1S/C21H22N4O3S/c1-3-28-17-11-9-16(10-12-17)25-19(26)13-18(20(25)27)29-21(22)24-23-14(2)15-7-5-4-6-8-15/h4-12,18H,3,13H2,1-2H3,(H2,22,24). The minimum atomic E-state index is -0.620. The van der Waals surface area contributed by atoms with Gasteiger partial charge in [-0.2, -0.15) is 5.10 Å². The zero-order chi connectivity index (χ0) is 20.8. The molecule has 0 aromatic heterocycles. The Labute approximate surface area is 173 Å². The molecule has 0 saturated carbocycles. The SMILES string of the molecule is CCOc1ccc(N2C(=O)CC(SC(N)=NN=C(C)c3ccccc3)C2=O)cc1. The van der Waals surface area contributed by atoms with Gasteiger partial charge >= 0.3 is 0 Å². The van der Waals surface area contributed by atoms with Crippen LogP contribution in [0.4, 0.5) is 5.69 Å². The Morgan fingerprint density at radius 2 is 1.83 bits per heavy atom. The summed E-state index contributed by atoms with van der Waals surface area (Å²) in [5, 5.41) is 7.64. The average Bonchev–Trinajstić information content (AvgIpc) is 3.00. The van der Waals surface area contributed by atoms with Gasteiger partial charge in [-0.05, 0) is 43.7 Å². The van der Waals surface area contributed by atoms with Gasteiger partial charge in [0.2, 0.25) is 11.8 Å². The van der Waals surface area contributed by atoms with E-state index in [0.29, 0.717) is 23.8 Å². The highest BCUT2D eigenvalue weighted by Crippen LogP contribution is 2.30. The lowest BCUT2D eigenvalue weighted by Gasteiger charge is -2.15. The van der Waals surface area contributed by atoms with Gasteiger partial charge in [0, 0.05) is 6.42 Å². The second-order valence-electron chi connectivity index (χ2n) is 6.29. The molecule has 0 spiro atoms. The van der Waals surface area contributed by atoms with Crippen LogP contribution in [0.25, 0.3) is 0 Å². The predicted molar refractivity (Wildman–Crippen MR) is 116 cm³/mol. The van der Waals surface area contributed by atoms with Crippen molar-refractivity contribution < 1.29 is 14.3 Å². The molecule has 2 N–H and O–H groups in total. The van der Waals surface area contributed by atoms with E-state index in [-0.39, 0.29) is 23.4 Å². The number of amidine groups is 1. The molecular formula is C21H22N4O3S. The second kappa shape index (κ2) is 9.38. The highest BCUT2D eigenvalue weighted by molar-refractivity contribution is 8.14. The molecule has 1 heterocycles.